The monoisotopic (exact) mass is 191 g/mol. The van der Waals surface area contributed by atoms with Gasteiger partial charge in [-0.2, -0.15) is 12.6 Å². The van der Waals surface area contributed by atoms with Crippen LogP contribution in [0.1, 0.15) is 6.92 Å². The maximum absolute atomic E-state index is 10.6. The second-order valence-electron chi connectivity index (χ2n) is 2.25. The number of primary amides is 1. The number of hydrogen-bond donors (Lipinski definition) is 4. The van der Waals surface area contributed by atoms with E-state index in [2.05, 4.69) is 23.3 Å². The molecule has 0 aliphatic heterocycles. The van der Waals surface area contributed by atoms with Crippen LogP contribution in [0.4, 0.5) is 0 Å². The molecule has 0 unspecified atom stereocenters. The molecule has 0 fully saturated rings. The second kappa shape index (κ2) is 5.84. The zero-order valence-electron chi connectivity index (χ0n) is 6.83. The normalized spacial score (nSPS) is 12.2. The molecular formula is C6H13N3O2S. The van der Waals surface area contributed by atoms with Gasteiger partial charge in [0.05, 0.1) is 12.7 Å². The largest absolute Gasteiger partial charge is 0.368 e. The van der Waals surface area contributed by atoms with Crippen molar-refractivity contribution in [1.29, 1.82) is 0 Å². The molecule has 0 aromatic rings. The van der Waals surface area contributed by atoms with E-state index in [0.29, 0.717) is 5.75 Å². The summed E-state index contributed by atoms with van der Waals surface area (Å²) in [5, 5.41) is 5.19. The van der Waals surface area contributed by atoms with E-state index < -0.39 is 11.9 Å². The van der Waals surface area contributed by atoms with Gasteiger partial charge in [-0.15, -0.1) is 0 Å². The Morgan fingerprint density at radius 2 is 2.17 bits per heavy atom. The summed E-state index contributed by atoms with van der Waals surface area (Å²) >= 11 is 3.90. The van der Waals surface area contributed by atoms with Gasteiger partial charge < -0.3 is 11.1 Å². The fraction of sp³-hybridized carbons (Fsp3) is 0.667. The van der Waals surface area contributed by atoms with Crippen LogP contribution in [0.25, 0.3) is 0 Å². The van der Waals surface area contributed by atoms with Crippen molar-refractivity contribution < 1.29 is 9.59 Å². The molecule has 4 N–H and O–H groups in total. The molecular weight excluding hydrogens is 178 g/mol. The van der Waals surface area contributed by atoms with Gasteiger partial charge in [0.25, 0.3) is 0 Å². The van der Waals surface area contributed by atoms with Gasteiger partial charge in [-0.25, -0.2) is 0 Å². The molecule has 0 aliphatic rings. The van der Waals surface area contributed by atoms with Crippen molar-refractivity contribution in [3.63, 3.8) is 0 Å². The summed E-state index contributed by atoms with van der Waals surface area (Å²) in [6.45, 7) is 1.62. The third-order valence-corrected chi connectivity index (χ3v) is 1.58. The Labute approximate surface area is 76.5 Å². The quantitative estimate of drug-likeness (QED) is 0.314. The van der Waals surface area contributed by atoms with Crippen molar-refractivity contribution in [1.82, 2.24) is 10.6 Å². The number of nitrogens with one attached hydrogen (secondary N) is 2. The van der Waals surface area contributed by atoms with E-state index in [1.807, 2.05) is 0 Å². The lowest BCUT2D eigenvalue weighted by Crippen LogP contribution is -2.47. The summed E-state index contributed by atoms with van der Waals surface area (Å²) in [6, 6.07) is -0.500. The highest BCUT2D eigenvalue weighted by Crippen LogP contribution is 1.84. The predicted octanol–water partition coefficient (Wildman–Crippen LogP) is -1.55. The van der Waals surface area contributed by atoms with Crippen LogP contribution in [-0.4, -0.2) is 30.3 Å². The van der Waals surface area contributed by atoms with Gasteiger partial charge in [-0.3, -0.25) is 14.9 Å². The standard InChI is InChI=1S/C6H13N3O2S/c1-4(10)8-3-9-5(2-12)6(7)11/h5,9,12H,2-3H2,1H3,(H2,7,11)(H,8,10)/t5-/m0/s1. The molecule has 0 spiro atoms. The van der Waals surface area contributed by atoms with Crippen molar-refractivity contribution in [2.75, 3.05) is 12.4 Å². The smallest absolute Gasteiger partial charge is 0.235 e. The highest BCUT2D eigenvalue weighted by molar-refractivity contribution is 7.80. The number of carbonyl (C=O) groups is 2. The van der Waals surface area contributed by atoms with Crippen molar-refractivity contribution in [2.24, 2.45) is 5.73 Å². The molecule has 0 bridgehead atoms. The van der Waals surface area contributed by atoms with Crippen molar-refractivity contribution in [2.45, 2.75) is 13.0 Å². The molecule has 0 rings (SSSR count). The van der Waals surface area contributed by atoms with Gasteiger partial charge in [0.1, 0.15) is 0 Å². The van der Waals surface area contributed by atoms with Crippen LogP contribution in [0.5, 0.6) is 0 Å². The van der Waals surface area contributed by atoms with E-state index in [1.54, 1.807) is 0 Å². The van der Waals surface area contributed by atoms with Crippen LogP contribution in [0.3, 0.4) is 0 Å². The molecule has 0 heterocycles. The minimum Gasteiger partial charge on any atom is -0.368 e. The molecule has 0 radical (unpaired) electrons. The minimum absolute atomic E-state index is 0.162. The first-order valence-electron chi connectivity index (χ1n) is 3.46. The third kappa shape index (κ3) is 4.97. The molecule has 0 aromatic heterocycles. The van der Waals surface area contributed by atoms with E-state index in [1.165, 1.54) is 6.92 Å². The molecule has 1 atom stereocenters. The number of carbonyl (C=O) groups excluding carboxylic acids is 2. The fourth-order valence-corrected chi connectivity index (χ4v) is 0.863. The van der Waals surface area contributed by atoms with E-state index in [-0.39, 0.29) is 12.6 Å². The van der Waals surface area contributed by atoms with E-state index in [0.717, 1.165) is 0 Å². The highest BCUT2D eigenvalue weighted by atomic mass is 32.1. The van der Waals surface area contributed by atoms with Crippen LogP contribution in [0, 0.1) is 0 Å². The van der Waals surface area contributed by atoms with Crippen LogP contribution < -0.4 is 16.4 Å². The summed E-state index contributed by atoms with van der Waals surface area (Å²) < 4.78 is 0. The first-order valence-corrected chi connectivity index (χ1v) is 4.09. The molecule has 2 amide bonds. The molecule has 70 valence electrons. The molecule has 0 aliphatic carbocycles. The average Bonchev–Trinajstić information content (AvgIpc) is 1.96. The number of thiol groups is 1. The number of hydrogen-bond acceptors (Lipinski definition) is 4. The highest BCUT2D eigenvalue weighted by Gasteiger charge is 2.11. The van der Waals surface area contributed by atoms with Gasteiger partial charge in [0.15, 0.2) is 0 Å². The van der Waals surface area contributed by atoms with Crippen LogP contribution >= 0.6 is 12.6 Å². The lowest BCUT2D eigenvalue weighted by atomic mass is 10.3. The van der Waals surface area contributed by atoms with E-state index in [9.17, 15) is 9.59 Å². The van der Waals surface area contributed by atoms with Crippen molar-refractivity contribution in [3.8, 4) is 0 Å². The number of nitrogens with two attached hydrogens (primary N) is 1. The maximum Gasteiger partial charge on any atom is 0.235 e. The molecule has 0 aromatic carbocycles. The summed E-state index contributed by atoms with van der Waals surface area (Å²) in [7, 11) is 0. The first kappa shape index (κ1) is 11.2. The Morgan fingerprint density at radius 3 is 2.50 bits per heavy atom. The van der Waals surface area contributed by atoms with Gasteiger partial charge in [-0.05, 0) is 0 Å². The molecule has 0 saturated carbocycles. The van der Waals surface area contributed by atoms with Crippen LogP contribution in [0.2, 0.25) is 0 Å². The van der Waals surface area contributed by atoms with Gasteiger partial charge in [-0.1, -0.05) is 0 Å². The topological polar surface area (TPSA) is 84.2 Å². The lowest BCUT2D eigenvalue weighted by molar-refractivity contribution is -0.121. The Morgan fingerprint density at radius 1 is 1.58 bits per heavy atom. The van der Waals surface area contributed by atoms with Crippen LogP contribution in [0.15, 0.2) is 0 Å². The Balaban J connectivity index is 3.59. The zero-order valence-corrected chi connectivity index (χ0v) is 7.73. The minimum atomic E-state index is -0.500. The number of amides is 2. The second-order valence-corrected chi connectivity index (χ2v) is 2.62. The summed E-state index contributed by atoms with van der Waals surface area (Å²) in [4.78, 5) is 21.0. The van der Waals surface area contributed by atoms with Crippen LogP contribution in [-0.2, 0) is 9.59 Å². The lowest BCUT2D eigenvalue weighted by Gasteiger charge is -2.12. The molecule has 12 heavy (non-hydrogen) atoms. The SMILES string of the molecule is CC(=O)NCN[C@@H](CS)C(N)=O. The van der Waals surface area contributed by atoms with Gasteiger partial charge >= 0.3 is 0 Å². The zero-order chi connectivity index (χ0) is 9.56. The van der Waals surface area contributed by atoms with Gasteiger partial charge in [0, 0.05) is 12.7 Å². The molecule has 5 nitrogen and oxygen atoms in total. The maximum atomic E-state index is 10.6. The Bertz CT molecular complexity index is 174. The fourth-order valence-electron chi connectivity index (χ4n) is 0.554. The molecule has 6 heteroatoms. The molecule has 0 saturated heterocycles. The predicted molar refractivity (Wildman–Crippen MR) is 48.7 cm³/mol. The Kier molecular flexibility index (Phi) is 5.48. The Hall–Kier alpha value is -0.750. The van der Waals surface area contributed by atoms with E-state index in [4.69, 9.17) is 5.73 Å². The van der Waals surface area contributed by atoms with Gasteiger partial charge in [0.2, 0.25) is 11.8 Å². The summed E-state index contributed by atoms with van der Waals surface area (Å²) in [5.41, 5.74) is 5.00. The average molecular weight is 191 g/mol. The third-order valence-electron chi connectivity index (χ3n) is 1.21. The summed E-state index contributed by atoms with van der Waals surface area (Å²) in [5.74, 6) is -0.324. The summed E-state index contributed by atoms with van der Waals surface area (Å²) in [6.07, 6.45) is 0. The van der Waals surface area contributed by atoms with Crippen molar-refractivity contribution >= 4 is 24.4 Å². The first-order chi connectivity index (χ1) is 5.57. The van der Waals surface area contributed by atoms with Crippen molar-refractivity contribution in [3.05, 3.63) is 0 Å². The van der Waals surface area contributed by atoms with E-state index >= 15 is 0 Å². The number of rotatable bonds is 5.